The third-order valence-electron chi connectivity index (χ3n) is 5.62. The Morgan fingerprint density at radius 3 is 2.28 bits per heavy atom. The van der Waals surface area contributed by atoms with Gasteiger partial charge < -0.3 is 22.5 Å². The van der Waals surface area contributed by atoms with Gasteiger partial charge in [0, 0.05) is 39.7 Å². The molecule has 0 saturated carbocycles. The van der Waals surface area contributed by atoms with Crippen LogP contribution >= 0.6 is 0 Å². The number of nitrogens with one attached hydrogen (secondary N) is 2. The highest BCUT2D eigenvalue weighted by molar-refractivity contribution is 5.71. The second-order valence-electron chi connectivity index (χ2n) is 9.60. The molecule has 1 saturated heterocycles. The highest BCUT2D eigenvalue weighted by atomic mass is 19.1. The van der Waals surface area contributed by atoms with Crippen LogP contribution in [0, 0.1) is 11.6 Å². The molecule has 10 heteroatoms. The Hall–Kier alpha value is -3.11. The SMILES string of the molecule is CC1(C)CC(N(N)/C(N)=C(N)/C=C(\N)c2cc(F)c(-c3cn[nH]c3)cc2F)CC(C)(C)N1. The second-order valence-corrected chi connectivity index (χ2v) is 9.60. The van der Waals surface area contributed by atoms with Gasteiger partial charge in [0.15, 0.2) is 0 Å². The Labute approximate surface area is 186 Å². The molecule has 1 aliphatic heterocycles. The van der Waals surface area contributed by atoms with Crippen LogP contribution in [-0.4, -0.2) is 32.3 Å². The summed E-state index contributed by atoms with van der Waals surface area (Å²) in [5, 5.41) is 11.3. The Bertz CT molecular complexity index is 1020. The molecular formula is C22H32F2N8. The molecule has 0 spiro atoms. The lowest BCUT2D eigenvalue weighted by Gasteiger charge is -2.49. The molecule has 3 rings (SSSR count). The van der Waals surface area contributed by atoms with E-state index in [-0.39, 0.29) is 45.5 Å². The minimum atomic E-state index is -0.700. The lowest BCUT2D eigenvalue weighted by atomic mass is 9.79. The lowest BCUT2D eigenvalue weighted by molar-refractivity contribution is 0.0845. The normalized spacial score (nSPS) is 19.5. The van der Waals surface area contributed by atoms with Gasteiger partial charge in [-0.25, -0.2) is 14.6 Å². The van der Waals surface area contributed by atoms with Crippen LogP contribution in [0.3, 0.4) is 0 Å². The van der Waals surface area contributed by atoms with Crippen molar-refractivity contribution in [1.82, 2.24) is 20.5 Å². The van der Waals surface area contributed by atoms with E-state index in [9.17, 15) is 8.78 Å². The molecule has 0 amide bonds. The predicted octanol–water partition coefficient (Wildman–Crippen LogP) is 2.23. The van der Waals surface area contributed by atoms with E-state index in [1.54, 1.807) is 0 Å². The van der Waals surface area contributed by atoms with Crippen LogP contribution in [0.1, 0.15) is 46.1 Å². The summed E-state index contributed by atoms with van der Waals surface area (Å²) in [4.78, 5) is 0. The maximum atomic E-state index is 14.7. The van der Waals surface area contributed by atoms with Crippen LogP contribution in [0.2, 0.25) is 0 Å². The summed E-state index contributed by atoms with van der Waals surface area (Å²) in [6.45, 7) is 8.39. The zero-order chi connectivity index (χ0) is 23.8. The minimum Gasteiger partial charge on any atom is -0.398 e. The van der Waals surface area contributed by atoms with Gasteiger partial charge in [-0.15, -0.1) is 0 Å². The fraction of sp³-hybridized carbons (Fsp3) is 0.409. The number of H-pyrrole nitrogens is 1. The summed E-state index contributed by atoms with van der Waals surface area (Å²) >= 11 is 0. The molecule has 8 nitrogen and oxygen atoms in total. The third kappa shape index (κ3) is 5.03. The number of nitrogens with two attached hydrogens (primary N) is 4. The van der Waals surface area contributed by atoms with Crippen LogP contribution in [0.25, 0.3) is 16.8 Å². The molecule has 1 fully saturated rings. The maximum Gasteiger partial charge on any atom is 0.137 e. The van der Waals surface area contributed by atoms with Crippen LogP contribution in [0.5, 0.6) is 0 Å². The molecule has 10 N–H and O–H groups in total. The van der Waals surface area contributed by atoms with Crippen molar-refractivity contribution < 1.29 is 8.78 Å². The molecule has 1 aromatic heterocycles. The summed E-state index contributed by atoms with van der Waals surface area (Å²) in [5.41, 5.74) is 18.4. The molecular weight excluding hydrogens is 414 g/mol. The van der Waals surface area contributed by atoms with Gasteiger partial charge in [-0.1, -0.05) is 0 Å². The quantitative estimate of drug-likeness (QED) is 0.234. The van der Waals surface area contributed by atoms with E-state index in [1.807, 2.05) is 0 Å². The summed E-state index contributed by atoms with van der Waals surface area (Å²) in [6.07, 6.45) is 5.65. The molecule has 0 bridgehead atoms. The maximum absolute atomic E-state index is 14.7. The Kier molecular flexibility index (Phi) is 6.21. The van der Waals surface area contributed by atoms with Crippen molar-refractivity contribution in [3.05, 3.63) is 59.3 Å². The monoisotopic (exact) mass is 446 g/mol. The number of benzene rings is 1. The number of nitrogens with zero attached hydrogens (tertiary/aromatic N) is 2. The van der Waals surface area contributed by atoms with Crippen molar-refractivity contribution in [1.29, 1.82) is 0 Å². The molecule has 0 atom stereocenters. The first kappa shape index (κ1) is 23.6. The summed E-state index contributed by atoms with van der Waals surface area (Å²) in [6, 6.07) is 2.01. The first-order valence-electron chi connectivity index (χ1n) is 10.3. The predicted molar refractivity (Wildman–Crippen MR) is 122 cm³/mol. The topological polar surface area (TPSA) is 148 Å². The largest absolute Gasteiger partial charge is 0.398 e. The second kappa shape index (κ2) is 8.44. The zero-order valence-corrected chi connectivity index (χ0v) is 18.8. The van der Waals surface area contributed by atoms with Gasteiger partial charge in [0.25, 0.3) is 0 Å². The minimum absolute atomic E-state index is 0.0675. The number of rotatable bonds is 5. The van der Waals surface area contributed by atoms with E-state index in [2.05, 4.69) is 43.2 Å². The number of allylic oxidation sites excluding steroid dienone is 1. The standard InChI is InChI=1S/C22H32F2N8/c1-21(2)8-13(9-22(3,4)31-21)32(28)20(27)19(26)7-18(25)15-6-16(23)14(5-17(15)24)12-10-29-30-11-12/h5-7,10-11,13,31H,8-9,25-28H2,1-4H3,(H,29,30)/b18-7-,20-19-. The van der Waals surface area contributed by atoms with E-state index in [0.717, 1.165) is 25.0 Å². The molecule has 1 aromatic carbocycles. The number of aromatic nitrogens is 2. The average Bonchev–Trinajstić information content (AvgIpc) is 3.20. The smallest absolute Gasteiger partial charge is 0.137 e. The van der Waals surface area contributed by atoms with Crippen molar-refractivity contribution in [2.75, 3.05) is 0 Å². The fourth-order valence-electron chi connectivity index (χ4n) is 4.52. The summed E-state index contributed by atoms with van der Waals surface area (Å²) in [7, 11) is 0. The van der Waals surface area contributed by atoms with E-state index in [1.165, 1.54) is 23.5 Å². The Balaban J connectivity index is 1.87. The van der Waals surface area contributed by atoms with Crippen LogP contribution in [0.4, 0.5) is 8.78 Å². The number of aromatic amines is 1. The molecule has 0 aliphatic carbocycles. The zero-order valence-electron chi connectivity index (χ0n) is 18.8. The van der Waals surface area contributed by atoms with Crippen molar-refractivity contribution >= 4 is 5.70 Å². The van der Waals surface area contributed by atoms with Crippen LogP contribution < -0.4 is 28.4 Å². The van der Waals surface area contributed by atoms with Gasteiger partial charge in [0.2, 0.25) is 0 Å². The van der Waals surface area contributed by atoms with Crippen molar-refractivity contribution in [2.45, 2.75) is 57.7 Å². The number of piperidine rings is 1. The highest BCUT2D eigenvalue weighted by Crippen LogP contribution is 2.32. The van der Waals surface area contributed by atoms with Gasteiger partial charge >= 0.3 is 0 Å². The molecule has 2 heterocycles. The van der Waals surface area contributed by atoms with E-state index in [4.69, 9.17) is 23.0 Å². The number of hydrazine groups is 1. The number of hydrogen-bond acceptors (Lipinski definition) is 7. The van der Waals surface area contributed by atoms with Crippen LogP contribution in [-0.2, 0) is 0 Å². The van der Waals surface area contributed by atoms with Crippen molar-refractivity contribution in [3.63, 3.8) is 0 Å². The van der Waals surface area contributed by atoms with Gasteiger partial charge in [-0.2, -0.15) is 5.10 Å². The molecule has 0 unspecified atom stereocenters. The van der Waals surface area contributed by atoms with Gasteiger partial charge in [-0.05, 0) is 58.7 Å². The van der Waals surface area contributed by atoms with Crippen molar-refractivity contribution in [3.8, 4) is 11.1 Å². The van der Waals surface area contributed by atoms with E-state index in [0.29, 0.717) is 5.56 Å². The first-order chi connectivity index (χ1) is 14.8. The average molecular weight is 447 g/mol. The van der Waals surface area contributed by atoms with Crippen molar-refractivity contribution in [2.24, 2.45) is 23.0 Å². The van der Waals surface area contributed by atoms with Gasteiger partial charge in [0.1, 0.15) is 17.5 Å². The fourth-order valence-corrected chi connectivity index (χ4v) is 4.52. The first-order valence-corrected chi connectivity index (χ1v) is 10.3. The molecule has 2 aromatic rings. The summed E-state index contributed by atoms with van der Waals surface area (Å²) < 4.78 is 29.3. The van der Waals surface area contributed by atoms with Gasteiger partial charge in [-0.3, -0.25) is 10.1 Å². The summed E-state index contributed by atoms with van der Waals surface area (Å²) in [5.74, 6) is 5.08. The highest BCUT2D eigenvalue weighted by Gasteiger charge is 2.40. The number of halogens is 2. The van der Waals surface area contributed by atoms with E-state index < -0.39 is 11.6 Å². The van der Waals surface area contributed by atoms with Gasteiger partial charge in [0.05, 0.1) is 17.9 Å². The third-order valence-corrected chi connectivity index (χ3v) is 5.62. The lowest BCUT2D eigenvalue weighted by Crippen LogP contribution is -2.63. The molecule has 174 valence electrons. The Morgan fingerprint density at radius 1 is 1.09 bits per heavy atom. The number of hydrogen-bond donors (Lipinski definition) is 6. The molecule has 0 radical (unpaired) electrons. The molecule has 32 heavy (non-hydrogen) atoms. The van der Waals surface area contributed by atoms with Crippen LogP contribution in [0.15, 0.2) is 42.1 Å². The van der Waals surface area contributed by atoms with E-state index >= 15 is 0 Å². The Morgan fingerprint density at radius 2 is 1.72 bits per heavy atom. The molecule has 1 aliphatic rings.